The van der Waals surface area contributed by atoms with Gasteiger partial charge >= 0.3 is 6.09 Å². The lowest BCUT2D eigenvalue weighted by atomic mass is 10.0. The van der Waals surface area contributed by atoms with Gasteiger partial charge in [0.15, 0.2) is 2.82 Å². The minimum atomic E-state index is -3.91. The van der Waals surface area contributed by atoms with Gasteiger partial charge in [-0.3, -0.25) is 0 Å². The van der Waals surface area contributed by atoms with Crippen molar-refractivity contribution in [3.8, 4) is 0 Å². The predicted octanol–water partition coefficient (Wildman–Crippen LogP) is 1.92. The van der Waals surface area contributed by atoms with E-state index in [9.17, 15) is 4.79 Å². The molecule has 112 valence electrons. The fourth-order valence-electron chi connectivity index (χ4n) is 1.79. The lowest BCUT2D eigenvalue weighted by Gasteiger charge is -2.09. The smallest absolute Gasteiger partial charge is 0.407 e. The van der Waals surface area contributed by atoms with Crippen LogP contribution in [0.1, 0.15) is 31.7 Å². The average Bonchev–Trinajstić information content (AvgIpc) is 3.15. The molecule has 3 rings (SSSR count). The van der Waals surface area contributed by atoms with Gasteiger partial charge in [0.25, 0.3) is 0 Å². The molecule has 0 unspecified atom stereocenters. The summed E-state index contributed by atoms with van der Waals surface area (Å²) in [7, 11) is 0. The van der Waals surface area contributed by atoms with E-state index in [2.05, 4.69) is 4.74 Å². The third kappa shape index (κ3) is 3.19. The van der Waals surface area contributed by atoms with E-state index in [-0.39, 0.29) is 10.3 Å². The minimum absolute atomic E-state index is 0.130. The van der Waals surface area contributed by atoms with E-state index < -0.39 is 103 Å². The predicted molar refractivity (Wildman–Crippen MR) is 82.5 cm³/mol. The average molecular weight is 304 g/mol. The molecule has 1 saturated heterocycles. The molecular weight excluding hydrogens is 266 g/mol. The van der Waals surface area contributed by atoms with Crippen LogP contribution in [0.4, 0.5) is 4.79 Å². The number of alkyl carbamates (subject to hydrolysis) is 1. The number of nitrogens with zero attached hydrogens (tertiary/aromatic N) is 1. The van der Waals surface area contributed by atoms with Crippen LogP contribution in [0.25, 0.3) is 10.9 Å². The number of benzene rings is 1. The Morgan fingerprint density at radius 3 is 3.33 bits per heavy atom. The number of ether oxygens (including phenoxy) is 1. The lowest BCUT2D eigenvalue weighted by molar-refractivity contribution is 0.177. The van der Waals surface area contributed by atoms with Gasteiger partial charge in [-0.2, -0.15) is 0 Å². The molecule has 1 fully saturated rings. The number of hydrogen-bond donors (Lipinski definition) is 2. The van der Waals surface area contributed by atoms with Gasteiger partial charge in [0.05, 0.1) is 12.9 Å². The number of carbonyl (C=O) groups is 1. The molecule has 0 radical (unpaired) electrons. The number of nitrogens with one attached hydrogen (secondary N) is 2. The number of hydrogen-bond acceptors (Lipinski definition) is 3. The highest BCUT2D eigenvalue weighted by atomic mass is 16.6. The summed E-state index contributed by atoms with van der Waals surface area (Å²) >= 11 is 0. The van der Waals surface area contributed by atoms with Gasteiger partial charge in [0.1, 0.15) is 6.61 Å². The second-order valence-corrected chi connectivity index (χ2v) is 4.16. The molecular formula is C16H21N3O2. The number of aryl methyl sites for hydroxylation is 1. The highest BCUT2D eigenvalue weighted by molar-refractivity contribution is 5.84. The van der Waals surface area contributed by atoms with Crippen molar-refractivity contribution in [2.45, 2.75) is 18.8 Å². The number of aromatic amines is 1. The maximum absolute atomic E-state index is 11.6. The number of likely N-dealkylation sites (N-methyl/N-ethyl adjacent to an activating group) is 1. The van der Waals surface area contributed by atoms with Crippen LogP contribution in [0.2, 0.25) is 2.82 Å². The van der Waals surface area contributed by atoms with E-state index in [1.54, 1.807) is 0 Å². The standard InChI is InChI=1S/C16H21N3O2/c1-19(2)6-5-12-9-17-15-4-3-11(8-14(12)15)7-13-10-21-16(20)18-13/h3-4,8-9,13,17H,5-7,10H2,1-2H3,(H,18,20)/t13-/m0/s1/i1D3,2D3,3D,4D,5D2,6D2,8D,9D,13D/hD2. The largest absolute Gasteiger partial charge is 0.447 e. The molecule has 1 aromatic carbocycles. The van der Waals surface area contributed by atoms with Crippen LogP contribution in [0.3, 0.4) is 0 Å². The molecule has 1 aliphatic rings. The van der Waals surface area contributed by atoms with Crippen molar-refractivity contribution >= 4 is 17.0 Å². The van der Waals surface area contributed by atoms with Crippen molar-refractivity contribution in [3.05, 3.63) is 35.4 Å². The van der Waals surface area contributed by atoms with E-state index in [1.165, 1.54) is 0 Å². The van der Waals surface area contributed by atoms with E-state index in [0.717, 1.165) is 0 Å². The quantitative estimate of drug-likeness (QED) is 0.887. The molecule has 0 bridgehead atoms. The summed E-state index contributed by atoms with van der Waals surface area (Å²) in [6.45, 7) is -12.0. The summed E-state index contributed by atoms with van der Waals surface area (Å²) < 4.78 is 141. The second kappa shape index (κ2) is 5.77. The van der Waals surface area contributed by atoms with Gasteiger partial charge in [0.2, 0.25) is 0 Å². The van der Waals surface area contributed by atoms with Crippen molar-refractivity contribution in [2.75, 3.05) is 27.1 Å². The highest BCUT2D eigenvalue weighted by Gasteiger charge is 2.22. The van der Waals surface area contributed by atoms with Crippen LogP contribution in [0, 0.1) is 0 Å². The fraction of sp³-hybridized carbons (Fsp3) is 0.438. The normalized spacial score (nSPS) is 36.5. The van der Waals surface area contributed by atoms with Crippen LogP contribution in [0.5, 0.6) is 0 Å². The maximum atomic E-state index is 11.6. The summed E-state index contributed by atoms with van der Waals surface area (Å²) in [5.41, 5.74) is -2.33. The lowest BCUT2D eigenvalue weighted by Crippen LogP contribution is -2.28. The zero-order chi connectivity index (χ0) is 29.5. The van der Waals surface area contributed by atoms with Crippen molar-refractivity contribution in [1.29, 1.82) is 0 Å². The number of cyclic esters (lactones) is 1. The third-order valence-corrected chi connectivity index (χ3v) is 2.66. The van der Waals surface area contributed by atoms with Gasteiger partial charge in [-0.25, -0.2) is 4.79 Å². The van der Waals surface area contributed by atoms with Gasteiger partial charge in [-0.1, -0.05) is 6.04 Å². The van der Waals surface area contributed by atoms with E-state index in [1.807, 2.05) is 0 Å². The highest BCUT2D eigenvalue weighted by Crippen LogP contribution is 2.21. The number of rotatable bonds is 5. The number of H-pyrrole nitrogens is 1. The second-order valence-electron chi connectivity index (χ2n) is 4.16. The number of amides is 1. The Labute approximate surface area is 148 Å². The number of aromatic nitrogens is 1. The molecule has 2 heterocycles. The summed E-state index contributed by atoms with van der Waals surface area (Å²) in [5, 5.41) is -0.634. The minimum Gasteiger partial charge on any atom is -0.447 e. The van der Waals surface area contributed by atoms with E-state index in [4.69, 9.17) is 23.4 Å². The number of carbonyl (C=O) groups excluding carboxylic acids is 1. The Morgan fingerprint density at radius 1 is 1.67 bits per heavy atom. The summed E-state index contributed by atoms with van der Waals surface area (Å²) in [4.78, 5) is 11.1. The van der Waals surface area contributed by atoms with Crippen LogP contribution >= 0.6 is 0 Å². The molecule has 0 aliphatic carbocycles. The first kappa shape index (κ1) is 4.26. The molecule has 0 saturated carbocycles. The van der Waals surface area contributed by atoms with Gasteiger partial charge in [0, 0.05) is 37.3 Å². The fourth-order valence-corrected chi connectivity index (χ4v) is 1.79. The first-order valence-electron chi connectivity index (χ1n) is 14.2. The zero-order valence-corrected chi connectivity index (χ0v) is 10.6. The topological polar surface area (TPSA) is 57.4 Å². The monoisotopic (exact) mass is 304 g/mol. The van der Waals surface area contributed by atoms with Crippen molar-refractivity contribution in [2.24, 2.45) is 0 Å². The summed E-state index contributed by atoms with van der Waals surface area (Å²) in [6, 6.07) is -4.63. The molecule has 5 nitrogen and oxygen atoms in total. The summed E-state index contributed by atoms with van der Waals surface area (Å²) in [6.07, 6.45) is -6.82. The van der Waals surface area contributed by atoms with Gasteiger partial charge in [-0.05, 0) is 50.0 Å². The van der Waals surface area contributed by atoms with Crippen LogP contribution in [0.15, 0.2) is 24.3 Å². The molecule has 2 N–H and O–H groups in total. The first-order valence-corrected chi connectivity index (χ1v) is 5.82. The van der Waals surface area contributed by atoms with Crippen LogP contribution in [-0.2, 0) is 17.5 Å². The Hall–Kier alpha value is -2.01. The van der Waals surface area contributed by atoms with Gasteiger partial charge in [-0.15, -0.1) is 0 Å². The molecule has 2 aromatic rings. The molecule has 21 heavy (non-hydrogen) atoms. The van der Waals surface area contributed by atoms with E-state index >= 15 is 0 Å². The Balaban J connectivity index is 2.38. The molecule has 1 amide bonds. The molecule has 0 spiro atoms. The van der Waals surface area contributed by atoms with Crippen molar-refractivity contribution in [1.82, 2.24) is 15.2 Å². The molecule has 1 atom stereocenters. The number of fused-ring (bicyclic) bond motifs is 1. The molecule has 1 aliphatic heterocycles. The Kier molecular flexibility index (Phi) is 1.17. The van der Waals surface area contributed by atoms with Crippen LogP contribution < -0.4 is 5.31 Å². The van der Waals surface area contributed by atoms with Gasteiger partial charge < -0.3 is 19.9 Å². The zero-order valence-electron chi connectivity index (χ0n) is 27.6. The Bertz CT molecular complexity index is 1290. The van der Waals surface area contributed by atoms with Crippen LogP contribution in [-0.4, -0.2) is 49.0 Å². The first-order chi connectivity index (χ1) is 16.9. The maximum Gasteiger partial charge on any atom is 0.407 e. The molecule has 5 heteroatoms. The van der Waals surface area contributed by atoms with Crippen molar-refractivity contribution < 1.29 is 32.9 Å². The Morgan fingerprint density at radius 2 is 2.57 bits per heavy atom. The third-order valence-electron chi connectivity index (χ3n) is 2.66. The van der Waals surface area contributed by atoms with Crippen molar-refractivity contribution in [3.63, 3.8) is 0 Å². The summed E-state index contributed by atoms with van der Waals surface area (Å²) in [5.74, 6) is 0. The molecule has 1 aromatic heterocycles. The SMILES string of the molecule is [2H]c1c(C[C@@]2([2H])COC(=O)N2[2H])c([2H])c2c(C([2H])([2H])C([2H])([2H])N(C([2H])([2H])[2H])C([2H])([2H])[2H])c([2H])n([2H])c2c1[2H]. The van der Waals surface area contributed by atoms with E-state index in [0.29, 0.717) is 0 Å².